The Morgan fingerprint density at radius 2 is 2.08 bits per heavy atom. The van der Waals surface area contributed by atoms with Crippen molar-refractivity contribution in [2.75, 3.05) is 13.1 Å². The number of aliphatic hydroxyl groups is 1. The molecular weight excluding hydrogens is 164 g/mol. The van der Waals surface area contributed by atoms with Gasteiger partial charge in [0.15, 0.2) is 0 Å². The maximum absolute atomic E-state index is 10.3. The van der Waals surface area contributed by atoms with E-state index in [9.17, 15) is 5.11 Å². The van der Waals surface area contributed by atoms with Gasteiger partial charge < -0.3 is 16.2 Å². The Balaban J connectivity index is 1.89. The predicted molar refractivity (Wildman–Crippen MR) is 50.2 cm³/mol. The SMILES string of the molecule is NC1(C2(O)CNC2)CC2CCC1C2. The van der Waals surface area contributed by atoms with Crippen LogP contribution in [0.3, 0.4) is 0 Å². The summed E-state index contributed by atoms with van der Waals surface area (Å²) in [5.41, 5.74) is 5.54. The van der Waals surface area contributed by atoms with Gasteiger partial charge in [-0.05, 0) is 31.1 Å². The molecule has 4 N–H and O–H groups in total. The van der Waals surface area contributed by atoms with E-state index in [0.717, 1.165) is 12.3 Å². The molecule has 1 aliphatic heterocycles. The van der Waals surface area contributed by atoms with Gasteiger partial charge in [-0.3, -0.25) is 0 Å². The minimum absolute atomic E-state index is 0.263. The first-order valence-electron chi connectivity index (χ1n) is 5.36. The van der Waals surface area contributed by atoms with Crippen LogP contribution in [0.1, 0.15) is 25.7 Å². The Hall–Kier alpha value is -0.120. The molecule has 1 heterocycles. The van der Waals surface area contributed by atoms with Gasteiger partial charge in [0, 0.05) is 13.1 Å². The molecule has 3 unspecified atom stereocenters. The number of hydrogen-bond acceptors (Lipinski definition) is 3. The number of nitrogens with one attached hydrogen (secondary N) is 1. The standard InChI is InChI=1S/C10H18N2O/c11-10(9(13)5-12-6-9)4-7-1-2-8(10)3-7/h7-8,12-13H,1-6,11H2. The zero-order chi connectivity index (χ0) is 9.10. The van der Waals surface area contributed by atoms with E-state index in [1.807, 2.05) is 0 Å². The second-order valence-corrected chi connectivity index (χ2v) is 5.26. The number of nitrogens with two attached hydrogens (primary N) is 1. The van der Waals surface area contributed by atoms with Gasteiger partial charge >= 0.3 is 0 Å². The van der Waals surface area contributed by atoms with Crippen LogP contribution < -0.4 is 11.1 Å². The van der Waals surface area contributed by atoms with E-state index in [4.69, 9.17) is 5.73 Å². The van der Waals surface area contributed by atoms with Gasteiger partial charge in [-0.2, -0.15) is 0 Å². The zero-order valence-corrected chi connectivity index (χ0v) is 7.92. The summed E-state index contributed by atoms with van der Waals surface area (Å²) in [6, 6.07) is 0. The highest BCUT2D eigenvalue weighted by atomic mass is 16.3. The third-order valence-electron chi connectivity index (χ3n) is 4.60. The zero-order valence-electron chi connectivity index (χ0n) is 7.92. The molecule has 1 saturated heterocycles. The average Bonchev–Trinajstić information content (AvgIpc) is 2.59. The van der Waals surface area contributed by atoms with Crippen molar-refractivity contribution < 1.29 is 5.11 Å². The maximum atomic E-state index is 10.3. The monoisotopic (exact) mass is 182 g/mol. The average molecular weight is 182 g/mol. The highest BCUT2D eigenvalue weighted by Gasteiger charge is 2.61. The van der Waals surface area contributed by atoms with Gasteiger partial charge in [0.05, 0.1) is 5.54 Å². The van der Waals surface area contributed by atoms with Gasteiger partial charge in [0.1, 0.15) is 5.60 Å². The third-order valence-corrected chi connectivity index (χ3v) is 4.60. The molecular formula is C10H18N2O. The van der Waals surface area contributed by atoms with Crippen LogP contribution in [0.2, 0.25) is 0 Å². The highest BCUT2D eigenvalue weighted by Crippen LogP contribution is 2.54. The Morgan fingerprint density at radius 3 is 2.46 bits per heavy atom. The summed E-state index contributed by atoms with van der Waals surface area (Å²) in [6.07, 6.45) is 4.89. The molecule has 0 amide bonds. The van der Waals surface area contributed by atoms with Crippen LogP contribution in [0.4, 0.5) is 0 Å². The Bertz CT molecular complexity index is 239. The maximum Gasteiger partial charge on any atom is 0.108 e. The van der Waals surface area contributed by atoms with Crippen molar-refractivity contribution in [2.24, 2.45) is 17.6 Å². The van der Waals surface area contributed by atoms with E-state index in [1.54, 1.807) is 0 Å². The number of fused-ring (bicyclic) bond motifs is 2. The molecule has 2 aliphatic carbocycles. The Morgan fingerprint density at radius 1 is 1.31 bits per heavy atom. The van der Waals surface area contributed by atoms with Crippen molar-refractivity contribution in [1.29, 1.82) is 0 Å². The molecule has 74 valence electrons. The second kappa shape index (κ2) is 2.27. The lowest BCUT2D eigenvalue weighted by Crippen LogP contribution is -2.76. The van der Waals surface area contributed by atoms with E-state index in [0.29, 0.717) is 19.0 Å². The van der Waals surface area contributed by atoms with Gasteiger partial charge in [-0.25, -0.2) is 0 Å². The first-order valence-corrected chi connectivity index (χ1v) is 5.36. The van der Waals surface area contributed by atoms with Crippen molar-refractivity contribution >= 4 is 0 Å². The van der Waals surface area contributed by atoms with Crippen LogP contribution in [0.5, 0.6) is 0 Å². The number of rotatable bonds is 1. The largest absolute Gasteiger partial charge is 0.385 e. The van der Waals surface area contributed by atoms with Gasteiger partial charge in [-0.1, -0.05) is 6.42 Å². The summed E-state index contributed by atoms with van der Waals surface area (Å²) in [6.45, 7) is 1.40. The molecule has 13 heavy (non-hydrogen) atoms. The summed E-state index contributed by atoms with van der Waals surface area (Å²) in [7, 11) is 0. The summed E-state index contributed by atoms with van der Waals surface area (Å²) < 4.78 is 0. The van der Waals surface area contributed by atoms with Crippen LogP contribution in [-0.2, 0) is 0 Å². The fraction of sp³-hybridized carbons (Fsp3) is 1.00. The first kappa shape index (κ1) is 8.21. The van der Waals surface area contributed by atoms with Crippen LogP contribution in [0.25, 0.3) is 0 Å². The molecule has 0 radical (unpaired) electrons. The molecule has 0 aromatic heterocycles. The molecule has 3 heteroatoms. The van der Waals surface area contributed by atoms with E-state index < -0.39 is 5.60 Å². The fourth-order valence-electron chi connectivity index (χ4n) is 3.63. The molecule has 3 atom stereocenters. The molecule has 3 rings (SSSR count). The quantitative estimate of drug-likeness (QED) is 0.528. The number of hydrogen-bond donors (Lipinski definition) is 3. The molecule has 2 saturated carbocycles. The highest BCUT2D eigenvalue weighted by molar-refractivity contribution is 5.19. The van der Waals surface area contributed by atoms with Gasteiger partial charge in [0.2, 0.25) is 0 Å². The molecule has 0 spiro atoms. The smallest absolute Gasteiger partial charge is 0.108 e. The predicted octanol–water partition coefficient (Wildman–Crippen LogP) is -0.162. The Kier molecular flexibility index (Phi) is 1.43. The summed E-state index contributed by atoms with van der Waals surface area (Å²) in [5, 5.41) is 13.4. The molecule has 0 aromatic carbocycles. The van der Waals surface area contributed by atoms with Crippen molar-refractivity contribution in [3.8, 4) is 0 Å². The summed E-state index contributed by atoms with van der Waals surface area (Å²) >= 11 is 0. The molecule has 0 aromatic rings. The van der Waals surface area contributed by atoms with Gasteiger partial charge in [-0.15, -0.1) is 0 Å². The van der Waals surface area contributed by atoms with Crippen molar-refractivity contribution in [3.63, 3.8) is 0 Å². The van der Waals surface area contributed by atoms with Crippen LogP contribution in [0.15, 0.2) is 0 Å². The van der Waals surface area contributed by atoms with Crippen LogP contribution in [0, 0.1) is 11.8 Å². The van der Waals surface area contributed by atoms with Crippen molar-refractivity contribution in [3.05, 3.63) is 0 Å². The van der Waals surface area contributed by atoms with Gasteiger partial charge in [0.25, 0.3) is 0 Å². The second-order valence-electron chi connectivity index (χ2n) is 5.26. The van der Waals surface area contributed by atoms with Crippen molar-refractivity contribution in [2.45, 2.75) is 36.8 Å². The Labute approximate surface area is 78.7 Å². The first-order chi connectivity index (χ1) is 6.14. The fourth-order valence-corrected chi connectivity index (χ4v) is 3.63. The van der Waals surface area contributed by atoms with Crippen molar-refractivity contribution in [1.82, 2.24) is 5.32 Å². The molecule has 2 bridgehead atoms. The lowest BCUT2D eigenvalue weighted by atomic mass is 9.67. The van der Waals surface area contributed by atoms with E-state index in [1.165, 1.54) is 19.3 Å². The third kappa shape index (κ3) is 0.853. The minimum Gasteiger partial charge on any atom is -0.385 e. The van der Waals surface area contributed by atoms with E-state index >= 15 is 0 Å². The van der Waals surface area contributed by atoms with Crippen LogP contribution >= 0.6 is 0 Å². The number of β-amino-alcohol motifs (C(OH)–C–C–N with tert-alkyl or cyclic N) is 1. The molecule has 3 aliphatic rings. The van der Waals surface area contributed by atoms with E-state index in [-0.39, 0.29) is 5.54 Å². The van der Waals surface area contributed by atoms with Crippen LogP contribution in [-0.4, -0.2) is 29.3 Å². The summed E-state index contributed by atoms with van der Waals surface area (Å²) in [4.78, 5) is 0. The normalized spacial score (nSPS) is 52.2. The lowest BCUT2D eigenvalue weighted by Gasteiger charge is -2.53. The topological polar surface area (TPSA) is 58.3 Å². The van der Waals surface area contributed by atoms with E-state index in [2.05, 4.69) is 5.32 Å². The lowest BCUT2D eigenvalue weighted by molar-refractivity contribution is -0.0958. The minimum atomic E-state index is -0.590. The molecule has 3 fully saturated rings. The summed E-state index contributed by atoms with van der Waals surface area (Å²) in [5.74, 6) is 1.39. The molecule has 3 nitrogen and oxygen atoms in total.